The van der Waals surface area contributed by atoms with Crippen LogP contribution in [-0.2, 0) is 7.05 Å². The molecule has 0 amide bonds. The molecule has 0 saturated carbocycles. The second-order valence-electron chi connectivity index (χ2n) is 2.87. The van der Waals surface area contributed by atoms with Crippen LogP contribution in [-0.4, -0.2) is 19.7 Å². The molecule has 0 aliphatic rings. The van der Waals surface area contributed by atoms with Crippen molar-refractivity contribution < 1.29 is 0 Å². The van der Waals surface area contributed by atoms with Crippen molar-refractivity contribution >= 4 is 0 Å². The first-order valence-corrected chi connectivity index (χ1v) is 4.05. The summed E-state index contributed by atoms with van der Waals surface area (Å²) in [5, 5.41) is 4.22. The summed E-state index contributed by atoms with van der Waals surface area (Å²) in [5.41, 5.74) is 1.92. The Hall–Kier alpha value is -1.71. The number of aromatic nitrogens is 4. The van der Waals surface area contributed by atoms with Crippen LogP contribution in [0.4, 0.5) is 0 Å². The van der Waals surface area contributed by atoms with Crippen LogP contribution in [0.25, 0.3) is 11.5 Å². The maximum Gasteiger partial charge on any atom is 0.177 e. The van der Waals surface area contributed by atoms with Gasteiger partial charge in [-0.1, -0.05) is 0 Å². The van der Waals surface area contributed by atoms with E-state index in [2.05, 4.69) is 15.1 Å². The first kappa shape index (κ1) is 7.91. The van der Waals surface area contributed by atoms with E-state index in [9.17, 15) is 0 Å². The van der Waals surface area contributed by atoms with Gasteiger partial charge < -0.3 is 0 Å². The van der Waals surface area contributed by atoms with Gasteiger partial charge in [0, 0.05) is 19.4 Å². The van der Waals surface area contributed by atoms with E-state index in [1.807, 2.05) is 20.0 Å². The molecule has 2 rings (SSSR count). The molecule has 0 N–H and O–H groups in total. The lowest BCUT2D eigenvalue weighted by atomic mass is 10.3. The minimum Gasteiger partial charge on any atom is -0.264 e. The highest BCUT2D eigenvalue weighted by Gasteiger charge is 2.05. The Bertz CT molecular complexity index is 405. The molecule has 2 aromatic rings. The Labute approximate surface area is 76.3 Å². The number of nitrogens with zero attached hydrogens (tertiary/aromatic N) is 4. The van der Waals surface area contributed by atoms with Gasteiger partial charge in [-0.3, -0.25) is 4.68 Å². The normalized spacial score (nSPS) is 10.3. The molecule has 0 atom stereocenters. The van der Waals surface area contributed by atoms with E-state index in [1.165, 1.54) is 0 Å². The fraction of sp³-hybridized carbons (Fsp3) is 0.222. The number of rotatable bonds is 1. The van der Waals surface area contributed by atoms with Crippen LogP contribution in [0.5, 0.6) is 0 Å². The third-order valence-electron chi connectivity index (χ3n) is 1.80. The Morgan fingerprint density at radius 1 is 1.23 bits per heavy atom. The summed E-state index contributed by atoms with van der Waals surface area (Å²) in [7, 11) is 1.89. The molecule has 13 heavy (non-hydrogen) atoms. The third-order valence-corrected chi connectivity index (χ3v) is 1.80. The topological polar surface area (TPSA) is 43.6 Å². The van der Waals surface area contributed by atoms with E-state index in [0.29, 0.717) is 5.82 Å². The second kappa shape index (κ2) is 2.97. The van der Waals surface area contributed by atoms with Crippen LogP contribution in [0.15, 0.2) is 24.5 Å². The van der Waals surface area contributed by atoms with E-state index in [1.54, 1.807) is 23.1 Å². The summed E-state index contributed by atoms with van der Waals surface area (Å²) < 4.78 is 1.78. The quantitative estimate of drug-likeness (QED) is 0.652. The standard InChI is InChI=1S/C9H10N4/c1-7-6-8(13(2)12-7)9-10-4-3-5-11-9/h3-6H,1-2H3. The molecule has 0 fully saturated rings. The van der Waals surface area contributed by atoms with Crippen molar-refractivity contribution in [3.63, 3.8) is 0 Å². The Morgan fingerprint density at radius 2 is 1.92 bits per heavy atom. The fourth-order valence-corrected chi connectivity index (χ4v) is 1.25. The summed E-state index contributed by atoms with van der Waals surface area (Å²) >= 11 is 0. The van der Waals surface area contributed by atoms with Gasteiger partial charge >= 0.3 is 0 Å². The van der Waals surface area contributed by atoms with Crippen LogP contribution in [0.2, 0.25) is 0 Å². The van der Waals surface area contributed by atoms with Crippen LogP contribution >= 0.6 is 0 Å². The molecular weight excluding hydrogens is 164 g/mol. The molecule has 2 heterocycles. The number of aryl methyl sites for hydroxylation is 2. The molecule has 2 aromatic heterocycles. The molecule has 0 aromatic carbocycles. The summed E-state index contributed by atoms with van der Waals surface area (Å²) in [4.78, 5) is 8.30. The highest BCUT2D eigenvalue weighted by molar-refractivity contribution is 5.49. The van der Waals surface area contributed by atoms with Crippen molar-refractivity contribution in [2.45, 2.75) is 6.92 Å². The maximum absolute atomic E-state index is 4.22. The molecule has 0 saturated heterocycles. The Morgan fingerprint density at radius 3 is 2.46 bits per heavy atom. The molecule has 0 spiro atoms. The van der Waals surface area contributed by atoms with Gasteiger partial charge in [0.15, 0.2) is 5.82 Å². The first-order chi connectivity index (χ1) is 6.27. The lowest BCUT2D eigenvalue weighted by Gasteiger charge is -1.97. The Balaban J connectivity index is 2.53. The zero-order valence-electron chi connectivity index (χ0n) is 7.60. The third kappa shape index (κ3) is 1.42. The maximum atomic E-state index is 4.22. The zero-order valence-corrected chi connectivity index (χ0v) is 7.60. The molecule has 0 aliphatic heterocycles. The van der Waals surface area contributed by atoms with Crippen molar-refractivity contribution in [1.82, 2.24) is 19.7 Å². The van der Waals surface area contributed by atoms with Gasteiger partial charge in [-0.15, -0.1) is 0 Å². The summed E-state index contributed by atoms with van der Waals surface area (Å²) in [6.07, 6.45) is 3.45. The summed E-state index contributed by atoms with van der Waals surface area (Å²) in [6.45, 7) is 1.95. The fourth-order valence-electron chi connectivity index (χ4n) is 1.25. The number of hydrogen-bond donors (Lipinski definition) is 0. The number of hydrogen-bond acceptors (Lipinski definition) is 3. The van der Waals surface area contributed by atoms with Crippen molar-refractivity contribution in [2.24, 2.45) is 7.05 Å². The highest BCUT2D eigenvalue weighted by atomic mass is 15.3. The van der Waals surface area contributed by atoms with E-state index >= 15 is 0 Å². The molecule has 0 unspecified atom stereocenters. The van der Waals surface area contributed by atoms with Crippen LogP contribution < -0.4 is 0 Å². The average Bonchev–Trinajstić information content (AvgIpc) is 2.47. The van der Waals surface area contributed by atoms with Gasteiger partial charge in [0.1, 0.15) is 5.69 Å². The van der Waals surface area contributed by atoms with E-state index in [0.717, 1.165) is 11.4 Å². The minimum absolute atomic E-state index is 0.714. The van der Waals surface area contributed by atoms with Crippen LogP contribution in [0, 0.1) is 6.92 Å². The van der Waals surface area contributed by atoms with Crippen LogP contribution in [0.1, 0.15) is 5.69 Å². The molecule has 4 nitrogen and oxygen atoms in total. The van der Waals surface area contributed by atoms with Gasteiger partial charge in [-0.05, 0) is 19.1 Å². The van der Waals surface area contributed by atoms with Crippen molar-refractivity contribution in [1.29, 1.82) is 0 Å². The van der Waals surface area contributed by atoms with Gasteiger partial charge in [0.05, 0.1) is 5.69 Å². The molecule has 0 aliphatic carbocycles. The first-order valence-electron chi connectivity index (χ1n) is 4.05. The minimum atomic E-state index is 0.714. The van der Waals surface area contributed by atoms with Gasteiger partial charge in [0.25, 0.3) is 0 Å². The zero-order chi connectivity index (χ0) is 9.26. The molecule has 0 radical (unpaired) electrons. The highest BCUT2D eigenvalue weighted by Crippen LogP contribution is 2.13. The second-order valence-corrected chi connectivity index (χ2v) is 2.87. The lowest BCUT2D eigenvalue weighted by molar-refractivity contribution is 0.759. The van der Waals surface area contributed by atoms with Crippen molar-refractivity contribution in [3.05, 3.63) is 30.2 Å². The van der Waals surface area contributed by atoms with E-state index in [4.69, 9.17) is 0 Å². The summed E-state index contributed by atoms with van der Waals surface area (Å²) in [6, 6.07) is 3.77. The largest absolute Gasteiger partial charge is 0.264 e. The Kier molecular flexibility index (Phi) is 1.81. The lowest BCUT2D eigenvalue weighted by Crippen LogP contribution is -1.96. The predicted molar refractivity (Wildman–Crippen MR) is 49.0 cm³/mol. The molecular formula is C9H10N4. The van der Waals surface area contributed by atoms with Gasteiger partial charge in [-0.25, -0.2) is 9.97 Å². The van der Waals surface area contributed by atoms with E-state index < -0.39 is 0 Å². The van der Waals surface area contributed by atoms with Crippen molar-refractivity contribution in [2.75, 3.05) is 0 Å². The predicted octanol–water partition coefficient (Wildman–Crippen LogP) is 1.19. The van der Waals surface area contributed by atoms with E-state index in [-0.39, 0.29) is 0 Å². The van der Waals surface area contributed by atoms with Crippen molar-refractivity contribution in [3.8, 4) is 11.5 Å². The molecule has 4 heteroatoms. The van der Waals surface area contributed by atoms with Gasteiger partial charge in [-0.2, -0.15) is 5.10 Å². The average molecular weight is 174 g/mol. The monoisotopic (exact) mass is 174 g/mol. The summed E-state index contributed by atoms with van der Waals surface area (Å²) in [5.74, 6) is 0.714. The molecule has 66 valence electrons. The SMILES string of the molecule is Cc1cc(-c2ncccn2)n(C)n1. The molecule has 0 bridgehead atoms. The smallest absolute Gasteiger partial charge is 0.177 e. The van der Waals surface area contributed by atoms with Gasteiger partial charge in [0.2, 0.25) is 0 Å². The van der Waals surface area contributed by atoms with Crippen LogP contribution in [0.3, 0.4) is 0 Å².